The lowest BCUT2D eigenvalue weighted by molar-refractivity contribution is -0.120. The zero-order valence-corrected chi connectivity index (χ0v) is 25.2. The van der Waals surface area contributed by atoms with Crippen molar-refractivity contribution in [3.05, 3.63) is 74.7 Å². The van der Waals surface area contributed by atoms with Gasteiger partial charge < -0.3 is 19.9 Å². The van der Waals surface area contributed by atoms with E-state index in [9.17, 15) is 14.7 Å². The van der Waals surface area contributed by atoms with Gasteiger partial charge in [0.05, 0.1) is 39.6 Å². The average molecular weight is 614 g/mol. The van der Waals surface area contributed by atoms with Crippen molar-refractivity contribution in [2.45, 2.75) is 31.6 Å². The van der Waals surface area contributed by atoms with Crippen LogP contribution < -0.4 is 14.8 Å². The summed E-state index contributed by atoms with van der Waals surface area (Å²) in [5.41, 5.74) is 1.48. The van der Waals surface area contributed by atoms with Crippen LogP contribution in [0, 0.1) is 0 Å². The minimum atomic E-state index is -0.671. The van der Waals surface area contributed by atoms with Crippen molar-refractivity contribution in [2.24, 2.45) is 0 Å². The number of carbonyl (C=O) groups is 2. The van der Waals surface area contributed by atoms with Gasteiger partial charge >= 0.3 is 0 Å². The van der Waals surface area contributed by atoms with E-state index in [-0.39, 0.29) is 31.1 Å². The van der Waals surface area contributed by atoms with Crippen molar-refractivity contribution in [2.75, 3.05) is 37.6 Å². The molecule has 4 rings (SSSR count). The van der Waals surface area contributed by atoms with Crippen LogP contribution in [0.4, 0.5) is 5.13 Å². The number of para-hydroxylation sites is 2. The second-order valence-corrected chi connectivity index (χ2v) is 12.3. The smallest absolute Gasteiger partial charge is 0.230 e. The highest BCUT2D eigenvalue weighted by molar-refractivity contribution is 7.99. The van der Waals surface area contributed by atoms with Gasteiger partial charge in [-0.05, 0) is 23.6 Å². The Labute approximate surface area is 250 Å². The summed E-state index contributed by atoms with van der Waals surface area (Å²) in [5.74, 6) is 1.99. The van der Waals surface area contributed by atoms with E-state index in [1.807, 2.05) is 36.4 Å². The van der Waals surface area contributed by atoms with Crippen LogP contribution in [0.2, 0.25) is 0 Å². The molecule has 0 aliphatic heterocycles. The zero-order valence-electron chi connectivity index (χ0n) is 22.7. The van der Waals surface area contributed by atoms with E-state index >= 15 is 0 Å². The molecule has 1 amide bonds. The maximum absolute atomic E-state index is 12.9. The molecule has 1 atom stereocenters. The molecule has 0 fully saturated rings. The number of aliphatic hydroxyl groups is 1. The lowest BCUT2D eigenvalue weighted by Gasteiger charge is -2.16. The van der Waals surface area contributed by atoms with Gasteiger partial charge in [-0.3, -0.25) is 9.59 Å². The molecule has 0 saturated heterocycles. The van der Waals surface area contributed by atoms with Gasteiger partial charge in [0.1, 0.15) is 32.3 Å². The first-order valence-electron chi connectivity index (χ1n) is 12.9. The molecule has 1 unspecified atom stereocenters. The quantitative estimate of drug-likeness (QED) is 0.179. The summed E-state index contributed by atoms with van der Waals surface area (Å²) in [6.07, 6.45) is 1.79. The number of carbonyl (C=O) groups excluding carboxylic acids is 2. The van der Waals surface area contributed by atoms with Gasteiger partial charge in [-0.15, -0.1) is 31.7 Å². The first-order chi connectivity index (χ1) is 20.0. The molecule has 10 nitrogen and oxygen atoms in total. The van der Waals surface area contributed by atoms with Crippen LogP contribution in [-0.4, -0.2) is 69.5 Å². The molecule has 0 saturated carbocycles. The second-order valence-electron chi connectivity index (χ2n) is 8.86. The van der Waals surface area contributed by atoms with Crippen LogP contribution in [0.15, 0.2) is 48.5 Å². The highest BCUT2D eigenvalue weighted by atomic mass is 32.2. The lowest BCUT2D eigenvalue weighted by atomic mass is 9.93. The van der Waals surface area contributed by atoms with Crippen molar-refractivity contribution in [3.8, 4) is 11.5 Å². The molecule has 2 aromatic carbocycles. The van der Waals surface area contributed by atoms with Gasteiger partial charge in [-0.2, -0.15) is 11.8 Å². The molecule has 2 aromatic heterocycles. The number of nitrogens with one attached hydrogen (secondary N) is 1. The summed E-state index contributed by atoms with van der Waals surface area (Å²) in [4.78, 5) is 25.3. The molecule has 13 heteroatoms. The zero-order chi connectivity index (χ0) is 29.0. The summed E-state index contributed by atoms with van der Waals surface area (Å²) in [7, 11) is 3.13. The Kier molecular flexibility index (Phi) is 11.6. The van der Waals surface area contributed by atoms with E-state index in [0.717, 1.165) is 39.9 Å². The SMILES string of the molecule is COc1ccccc1CC(=O)Nc1nnc(CCSCCc2nnc(CC(=O)C(CO)c3ccccc3OC)s2)s1. The number of benzene rings is 2. The maximum Gasteiger partial charge on any atom is 0.230 e. The predicted molar refractivity (Wildman–Crippen MR) is 161 cm³/mol. The third-order valence-corrected chi connectivity index (χ3v) is 8.96. The number of ether oxygens (including phenoxy) is 2. The Balaban J connectivity index is 1.17. The van der Waals surface area contributed by atoms with E-state index < -0.39 is 5.92 Å². The fraction of sp³-hybridized carbons (Fsp3) is 0.357. The number of anilines is 1. The van der Waals surface area contributed by atoms with Crippen molar-refractivity contribution in [1.29, 1.82) is 0 Å². The molecule has 0 bridgehead atoms. The Morgan fingerprint density at radius 1 is 0.854 bits per heavy atom. The van der Waals surface area contributed by atoms with Crippen molar-refractivity contribution >= 4 is 51.3 Å². The molecule has 0 radical (unpaired) electrons. The molecular weight excluding hydrogens is 583 g/mol. The van der Waals surface area contributed by atoms with Gasteiger partial charge in [0.15, 0.2) is 0 Å². The molecule has 0 aliphatic carbocycles. The molecular formula is C28H31N5O5S3. The number of hydrogen-bond acceptors (Lipinski definition) is 12. The Bertz CT molecular complexity index is 1440. The molecule has 2 N–H and O–H groups in total. The van der Waals surface area contributed by atoms with Gasteiger partial charge in [0.25, 0.3) is 0 Å². The monoisotopic (exact) mass is 613 g/mol. The number of aryl methyl sites for hydroxylation is 2. The number of nitrogens with zero attached hydrogens (tertiary/aromatic N) is 4. The summed E-state index contributed by atoms with van der Waals surface area (Å²) < 4.78 is 10.7. The highest BCUT2D eigenvalue weighted by Crippen LogP contribution is 2.28. The summed E-state index contributed by atoms with van der Waals surface area (Å²) in [6.45, 7) is -0.299. The van der Waals surface area contributed by atoms with Crippen LogP contribution in [0.1, 0.15) is 32.1 Å². The fourth-order valence-corrected chi connectivity index (χ4v) is 6.82. The van der Waals surface area contributed by atoms with Crippen molar-refractivity contribution in [1.82, 2.24) is 20.4 Å². The van der Waals surface area contributed by atoms with Gasteiger partial charge in [0, 0.05) is 24.0 Å². The summed E-state index contributed by atoms with van der Waals surface area (Å²) in [6, 6.07) is 14.6. The van der Waals surface area contributed by atoms with E-state index in [1.165, 1.54) is 22.7 Å². The number of methoxy groups -OCH3 is 2. The first-order valence-corrected chi connectivity index (χ1v) is 15.7. The van der Waals surface area contributed by atoms with E-state index in [1.54, 1.807) is 38.1 Å². The fourth-order valence-electron chi connectivity index (χ4n) is 4.07. The molecule has 41 heavy (non-hydrogen) atoms. The normalized spacial score (nSPS) is 11.7. The van der Waals surface area contributed by atoms with E-state index in [0.29, 0.717) is 27.2 Å². The Hall–Kier alpha value is -3.39. The third kappa shape index (κ3) is 8.80. The maximum atomic E-state index is 12.9. The number of Topliss-reactive ketones (excluding diaryl/α,β-unsaturated/α-hetero) is 1. The van der Waals surface area contributed by atoms with Gasteiger partial charge in [-0.1, -0.05) is 47.7 Å². The minimum Gasteiger partial charge on any atom is -0.496 e. The van der Waals surface area contributed by atoms with Crippen LogP contribution in [0.25, 0.3) is 0 Å². The molecule has 2 heterocycles. The topological polar surface area (TPSA) is 136 Å². The van der Waals surface area contributed by atoms with Crippen molar-refractivity contribution < 1.29 is 24.2 Å². The minimum absolute atomic E-state index is 0.114. The number of aliphatic hydroxyl groups excluding tert-OH is 1. The van der Waals surface area contributed by atoms with E-state index in [4.69, 9.17) is 9.47 Å². The Morgan fingerprint density at radius 2 is 1.49 bits per heavy atom. The summed E-state index contributed by atoms with van der Waals surface area (Å²) in [5, 5.41) is 32.2. The second kappa shape index (κ2) is 15.6. The van der Waals surface area contributed by atoms with Crippen LogP contribution in [0.3, 0.4) is 0 Å². The van der Waals surface area contributed by atoms with Crippen LogP contribution in [-0.2, 0) is 35.3 Å². The molecule has 0 spiro atoms. The largest absolute Gasteiger partial charge is 0.496 e. The number of ketones is 1. The first kappa shape index (κ1) is 30.6. The standard InChI is InChI=1S/C28H31N5O5S3/c1-37-22-9-5-3-7-18(22)15-24(36)29-28-33-31-26(41-28)12-14-39-13-11-25-30-32-27(40-25)16-21(35)20(17-34)19-8-4-6-10-23(19)38-2/h3-10,20,34H,11-17H2,1-2H3,(H,29,33,36). The number of aromatic nitrogens is 4. The predicted octanol–water partition coefficient (Wildman–Crippen LogP) is 3.99. The number of hydrogen-bond donors (Lipinski definition) is 2. The third-order valence-electron chi connectivity index (χ3n) is 6.10. The molecule has 4 aromatic rings. The van der Waals surface area contributed by atoms with Gasteiger partial charge in [-0.25, -0.2) is 0 Å². The number of rotatable bonds is 16. The molecule has 0 aliphatic rings. The molecule has 216 valence electrons. The summed E-state index contributed by atoms with van der Waals surface area (Å²) >= 11 is 4.56. The number of thioether (sulfide) groups is 1. The van der Waals surface area contributed by atoms with Crippen molar-refractivity contribution in [3.63, 3.8) is 0 Å². The Morgan fingerprint density at radius 3 is 2.22 bits per heavy atom. The van der Waals surface area contributed by atoms with Gasteiger partial charge in [0.2, 0.25) is 11.0 Å². The lowest BCUT2D eigenvalue weighted by Crippen LogP contribution is -2.19. The highest BCUT2D eigenvalue weighted by Gasteiger charge is 2.24. The number of amides is 1. The van der Waals surface area contributed by atoms with Crippen LogP contribution in [0.5, 0.6) is 11.5 Å². The van der Waals surface area contributed by atoms with Crippen LogP contribution >= 0.6 is 34.4 Å². The van der Waals surface area contributed by atoms with E-state index in [2.05, 4.69) is 25.7 Å². The average Bonchev–Trinajstić information content (AvgIpc) is 3.62.